The van der Waals surface area contributed by atoms with Crippen LogP contribution in [0.3, 0.4) is 0 Å². The minimum absolute atomic E-state index is 0.0649. The Labute approximate surface area is 428 Å². The van der Waals surface area contributed by atoms with Gasteiger partial charge in [0, 0.05) is 76.6 Å². The van der Waals surface area contributed by atoms with E-state index in [0.717, 1.165) is 24.2 Å². The summed E-state index contributed by atoms with van der Waals surface area (Å²) in [5, 5.41) is 6.41. The Balaban J connectivity index is 0.868. The second-order valence-electron chi connectivity index (χ2n) is 20.3. The van der Waals surface area contributed by atoms with Crippen molar-refractivity contribution in [1.29, 1.82) is 0 Å². The molecule has 0 spiro atoms. The van der Waals surface area contributed by atoms with Gasteiger partial charge >= 0.3 is 0 Å². The Morgan fingerprint density at radius 1 is 0.438 bits per heavy atom. The van der Waals surface area contributed by atoms with Gasteiger partial charge in [-0.2, -0.15) is 0 Å². The normalized spacial score (nSPS) is 13.6. The topological polar surface area (TPSA) is 13.1 Å². The van der Waals surface area contributed by atoms with Crippen LogP contribution in [0, 0.1) is 0 Å². The molecule has 13 aromatic rings. The van der Waals surface area contributed by atoms with Crippen LogP contribution in [0.15, 0.2) is 231 Å². The first-order valence-corrected chi connectivity index (χ1v) is 26.4. The van der Waals surface area contributed by atoms with E-state index in [4.69, 9.17) is 0 Å². The fraction of sp³-hybridized carbons (Fsp3) is 0.0725. The van der Waals surface area contributed by atoms with Crippen molar-refractivity contribution in [3.05, 3.63) is 253 Å². The molecule has 0 unspecified atom stereocenters. The van der Waals surface area contributed by atoms with E-state index in [1.165, 1.54) is 126 Å². The largest absolute Gasteiger partial charge is 0.313 e. The van der Waals surface area contributed by atoms with Crippen LogP contribution in [0.1, 0.15) is 42.7 Å². The van der Waals surface area contributed by atoms with E-state index >= 15 is 0 Å². The Morgan fingerprint density at radius 3 is 1.74 bits per heavy atom. The molecule has 0 atom stereocenters. The number of thiophene rings is 1. The maximum absolute atomic E-state index is 2.48. The zero-order chi connectivity index (χ0) is 48.4. The SMILES string of the molecule is CC1(C)c2ccccc2-c2c1ccc1c2sc2c(N(c3ccc(-c4ccc5c(c4)c4c(n5-c5ccccc5)CCC=C4)cc3)c3ccc(-c4ccc5c(c4)c4ccccc4n5-c4ccccc4)cc3)cccc21. The second kappa shape index (κ2) is 16.2. The van der Waals surface area contributed by atoms with Gasteiger partial charge in [0.15, 0.2) is 0 Å². The summed E-state index contributed by atoms with van der Waals surface area (Å²) in [6.07, 6.45) is 6.76. The summed E-state index contributed by atoms with van der Waals surface area (Å²) in [7, 11) is 0. The first kappa shape index (κ1) is 42.0. The maximum Gasteiger partial charge on any atom is 0.0640 e. The molecule has 2 aliphatic carbocycles. The smallest absolute Gasteiger partial charge is 0.0640 e. The summed E-state index contributed by atoms with van der Waals surface area (Å²) in [4.78, 5) is 2.48. The summed E-state index contributed by atoms with van der Waals surface area (Å²) in [5.74, 6) is 0. The summed E-state index contributed by atoms with van der Waals surface area (Å²) in [6, 6.07) is 83.4. The monoisotopic (exact) mass is 951 g/mol. The Morgan fingerprint density at radius 2 is 1.01 bits per heavy atom. The van der Waals surface area contributed by atoms with Gasteiger partial charge in [-0.05, 0) is 137 Å². The molecule has 2 aliphatic rings. The van der Waals surface area contributed by atoms with Crippen LogP contribution in [0.25, 0.3) is 104 Å². The Bertz CT molecular complexity index is 4380. The number of fused-ring (bicyclic) bond motifs is 13. The van der Waals surface area contributed by atoms with E-state index in [1.807, 2.05) is 11.3 Å². The van der Waals surface area contributed by atoms with Gasteiger partial charge in [-0.25, -0.2) is 0 Å². The highest BCUT2D eigenvalue weighted by atomic mass is 32.1. The van der Waals surface area contributed by atoms with E-state index in [1.54, 1.807) is 0 Å². The number of para-hydroxylation sites is 3. The summed E-state index contributed by atoms with van der Waals surface area (Å²) >= 11 is 1.94. The molecule has 73 heavy (non-hydrogen) atoms. The highest BCUT2D eigenvalue weighted by Gasteiger charge is 2.37. The molecule has 10 aromatic carbocycles. The fourth-order valence-corrected chi connectivity index (χ4v) is 13.9. The van der Waals surface area contributed by atoms with E-state index in [-0.39, 0.29) is 5.41 Å². The molecule has 3 aromatic heterocycles. The number of allylic oxidation sites excluding steroid dienone is 1. The second-order valence-corrected chi connectivity index (χ2v) is 21.4. The lowest BCUT2D eigenvalue weighted by Gasteiger charge is -2.26. The minimum Gasteiger partial charge on any atom is -0.313 e. The lowest BCUT2D eigenvalue weighted by atomic mass is 9.82. The van der Waals surface area contributed by atoms with Crippen molar-refractivity contribution >= 4 is 87.4 Å². The van der Waals surface area contributed by atoms with E-state index in [9.17, 15) is 0 Å². The van der Waals surface area contributed by atoms with Crippen molar-refractivity contribution in [3.63, 3.8) is 0 Å². The standard InChI is InChI=1S/C69H49N3S/c1-69(2)59-24-12-9-22-56(59)66-60(69)39-38-55-54-23-15-27-65(67(54)73-68(55)66)70(50-34-28-44(29-35-50)46-32-40-63-57(42-46)52-20-10-13-25-61(52)71(63)48-16-5-3-6-17-48)51-36-30-45(31-37-51)47-33-41-64-58(43-47)53-21-11-14-26-62(53)72(64)49-18-7-4-8-19-49/h3-13,15-25,27-43H,14,26H2,1-2H3. The Kier molecular flexibility index (Phi) is 9.30. The number of aromatic nitrogens is 2. The molecule has 0 bridgehead atoms. The van der Waals surface area contributed by atoms with Crippen molar-refractivity contribution in [2.45, 2.75) is 32.1 Å². The highest BCUT2D eigenvalue weighted by Crippen LogP contribution is 2.55. The molecule has 0 radical (unpaired) electrons. The van der Waals surface area contributed by atoms with Crippen molar-refractivity contribution in [1.82, 2.24) is 9.13 Å². The van der Waals surface area contributed by atoms with Gasteiger partial charge in [0.1, 0.15) is 0 Å². The average Bonchev–Trinajstić information content (AvgIpc) is 4.17. The van der Waals surface area contributed by atoms with E-state index in [2.05, 4.69) is 264 Å². The Hall–Kier alpha value is -8.70. The zero-order valence-corrected chi connectivity index (χ0v) is 41.5. The zero-order valence-electron chi connectivity index (χ0n) is 40.7. The van der Waals surface area contributed by atoms with Crippen LogP contribution in [0.5, 0.6) is 0 Å². The number of nitrogens with zero attached hydrogens (tertiary/aromatic N) is 3. The number of anilines is 3. The lowest BCUT2D eigenvalue weighted by molar-refractivity contribution is 0.661. The van der Waals surface area contributed by atoms with Gasteiger partial charge in [0.25, 0.3) is 0 Å². The number of benzene rings is 10. The fourth-order valence-electron chi connectivity index (χ4n) is 12.5. The molecular formula is C69H49N3S. The molecule has 0 saturated heterocycles. The van der Waals surface area contributed by atoms with Gasteiger partial charge in [-0.1, -0.05) is 166 Å². The highest BCUT2D eigenvalue weighted by molar-refractivity contribution is 7.27. The van der Waals surface area contributed by atoms with E-state index < -0.39 is 0 Å². The third-order valence-electron chi connectivity index (χ3n) is 16.0. The molecule has 0 aliphatic heterocycles. The number of rotatable bonds is 7. The molecule has 0 saturated carbocycles. The molecular weight excluding hydrogens is 903 g/mol. The minimum atomic E-state index is -0.0649. The predicted molar refractivity (Wildman–Crippen MR) is 311 cm³/mol. The van der Waals surface area contributed by atoms with Crippen molar-refractivity contribution in [2.75, 3.05) is 4.90 Å². The van der Waals surface area contributed by atoms with Crippen LogP contribution < -0.4 is 4.90 Å². The van der Waals surface area contributed by atoms with Crippen molar-refractivity contribution in [3.8, 4) is 44.8 Å². The van der Waals surface area contributed by atoms with Crippen LogP contribution in [-0.2, 0) is 11.8 Å². The van der Waals surface area contributed by atoms with Gasteiger partial charge in [-0.15, -0.1) is 11.3 Å². The molecule has 3 nitrogen and oxygen atoms in total. The number of hydrogen-bond acceptors (Lipinski definition) is 2. The van der Waals surface area contributed by atoms with Crippen LogP contribution in [0.4, 0.5) is 17.1 Å². The van der Waals surface area contributed by atoms with Gasteiger partial charge in [0.2, 0.25) is 0 Å². The molecule has 3 heterocycles. The van der Waals surface area contributed by atoms with Crippen LogP contribution in [0.2, 0.25) is 0 Å². The maximum atomic E-state index is 2.48. The molecule has 0 fully saturated rings. The summed E-state index contributed by atoms with van der Waals surface area (Å²) in [6.45, 7) is 4.75. The predicted octanol–water partition coefficient (Wildman–Crippen LogP) is 19.2. The van der Waals surface area contributed by atoms with Crippen LogP contribution >= 0.6 is 11.3 Å². The van der Waals surface area contributed by atoms with Gasteiger partial charge < -0.3 is 14.0 Å². The lowest BCUT2D eigenvalue weighted by Crippen LogP contribution is -2.14. The van der Waals surface area contributed by atoms with Gasteiger partial charge in [-0.3, -0.25) is 0 Å². The average molecular weight is 952 g/mol. The van der Waals surface area contributed by atoms with Gasteiger partial charge in [0.05, 0.1) is 26.9 Å². The quantitative estimate of drug-likeness (QED) is 0.155. The van der Waals surface area contributed by atoms with Crippen LogP contribution in [-0.4, -0.2) is 9.13 Å². The van der Waals surface area contributed by atoms with E-state index in [0.29, 0.717) is 0 Å². The summed E-state index contributed by atoms with van der Waals surface area (Å²) < 4.78 is 7.50. The van der Waals surface area contributed by atoms with Crippen molar-refractivity contribution in [2.24, 2.45) is 0 Å². The first-order chi connectivity index (χ1) is 36.0. The van der Waals surface area contributed by atoms with Crippen molar-refractivity contribution < 1.29 is 0 Å². The number of hydrogen-bond donors (Lipinski definition) is 0. The third-order valence-corrected chi connectivity index (χ3v) is 17.3. The molecule has 4 heteroatoms. The molecule has 346 valence electrons. The molecule has 15 rings (SSSR count). The molecule has 0 amide bonds. The third kappa shape index (κ3) is 6.37. The summed E-state index contributed by atoms with van der Waals surface area (Å²) in [5.41, 5.74) is 22.5. The first-order valence-electron chi connectivity index (χ1n) is 25.6. The molecule has 0 N–H and O–H groups in total.